The number of nitrogens with two attached hydrogens (primary N) is 1. The Morgan fingerprint density at radius 3 is 2.93 bits per heavy atom. The lowest BCUT2D eigenvalue weighted by Crippen LogP contribution is -2.30. The zero-order valence-electron chi connectivity index (χ0n) is 15.1. The fourth-order valence-corrected chi connectivity index (χ4v) is 4.25. The fraction of sp³-hybridized carbons (Fsp3) is 0.278. The van der Waals surface area contributed by atoms with Crippen molar-refractivity contribution in [2.24, 2.45) is 5.73 Å². The summed E-state index contributed by atoms with van der Waals surface area (Å²) in [6.45, 7) is 2.84. The largest absolute Gasteiger partial charge is 0.369 e. The van der Waals surface area contributed by atoms with Gasteiger partial charge < -0.3 is 11.1 Å². The standard InChI is InChI=1S/C18H21N5O2S2/c1-12-14(23-7-8-26-18(23)20-12)9-22(2)10-17(25)21-13-5-3-4-6-15(13)27-11-16(19)24/h3-8H,9-11H2,1-2H3,(H2,19,24)(H,21,25). The summed E-state index contributed by atoms with van der Waals surface area (Å²) in [4.78, 5) is 31.7. The van der Waals surface area contributed by atoms with Gasteiger partial charge in [-0.2, -0.15) is 0 Å². The first-order valence-corrected chi connectivity index (χ1v) is 10.2. The van der Waals surface area contributed by atoms with Gasteiger partial charge in [-0.15, -0.1) is 23.1 Å². The van der Waals surface area contributed by atoms with E-state index in [-0.39, 0.29) is 18.2 Å². The van der Waals surface area contributed by atoms with E-state index in [1.807, 2.05) is 54.7 Å². The molecule has 0 spiro atoms. The number of likely N-dealkylation sites (N-methyl/N-ethyl adjacent to an activating group) is 1. The number of imidazole rings is 1. The van der Waals surface area contributed by atoms with Gasteiger partial charge in [0.25, 0.3) is 0 Å². The van der Waals surface area contributed by atoms with Crippen LogP contribution in [0.2, 0.25) is 0 Å². The zero-order valence-corrected chi connectivity index (χ0v) is 16.8. The third-order valence-corrected chi connectivity index (χ3v) is 5.78. The van der Waals surface area contributed by atoms with Crippen LogP contribution in [0.15, 0.2) is 40.7 Å². The maximum Gasteiger partial charge on any atom is 0.238 e. The van der Waals surface area contributed by atoms with Crippen molar-refractivity contribution in [1.29, 1.82) is 0 Å². The van der Waals surface area contributed by atoms with Gasteiger partial charge in [0.2, 0.25) is 11.8 Å². The molecule has 3 aromatic rings. The smallest absolute Gasteiger partial charge is 0.238 e. The molecule has 0 radical (unpaired) electrons. The maximum atomic E-state index is 12.5. The first-order valence-electron chi connectivity index (χ1n) is 8.33. The number of para-hydroxylation sites is 1. The highest BCUT2D eigenvalue weighted by molar-refractivity contribution is 8.00. The number of anilines is 1. The van der Waals surface area contributed by atoms with Gasteiger partial charge in [0.15, 0.2) is 4.96 Å². The molecule has 2 aromatic heterocycles. The van der Waals surface area contributed by atoms with Crippen molar-refractivity contribution in [3.8, 4) is 0 Å². The van der Waals surface area contributed by atoms with Crippen molar-refractivity contribution < 1.29 is 9.59 Å². The van der Waals surface area contributed by atoms with Gasteiger partial charge in [-0.3, -0.25) is 18.9 Å². The topological polar surface area (TPSA) is 92.7 Å². The summed E-state index contributed by atoms with van der Waals surface area (Å²) < 4.78 is 2.06. The third kappa shape index (κ3) is 4.88. The van der Waals surface area contributed by atoms with Crippen molar-refractivity contribution in [3.05, 3.63) is 47.2 Å². The van der Waals surface area contributed by atoms with Crippen LogP contribution >= 0.6 is 23.1 Å². The number of thioether (sulfide) groups is 1. The van der Waals surface area contributed by atoms with Gasteiger partial charge in [-0.25, -0.2) is 4.98 Å². The molecule has 3 N–H and O–H groups in total. The van der Waals surface area contributed by atoms with E-state index in [1.54, 1.807) is 11.3 Å². The molecule has 27 heavy (non-hydrogen) atoms. The lowest BCUT2D eigenvalue weighted by Gasteiger charge is -2.17. The number of nitrogens with zero attached hydrogens (tertiary/aromatic N) is 3. The number of carbonyl (C=O) groups is 2. The van der Waals surface area contributed by atoms with Crippen LogP contribution in [-0.4, -0.2) is 45.4 Å². The molecule has 3 rings (SSSR count). The Bertz CT molecular complexity index is 966. The molecule has 0 aliphatic carbocycles. The van der Waals surface area contributed by atoms with Gasteiger partial charge in [-0.1, -0.05) is 12.1 Å². The molecule has 0 atom stereocenters. The second kappa shape index (κ2) is 8.55. The molecule has 2 amide bonds. The second-order valence-electron chi connectivity index (χ2n) is 6.17. The minimum Gasteiger partial charge on any atom is -0.369 e. The van der Waals surface area contributed by atoms with Gasteiger partial charge in [0.1, 0.15) is 0 Å². The van der Waals surface area contributed by atoms with E-state index in [0.29, 0.717) is 12.2 Å². The van der Waals surface area contributed by atoms with Crippen LogP contribution in [0.5, 0.6) is 0 Å². The molecule has 7 nitrogen and oxygen atoms in total. The predicted molar refractivity (Wildman–Crippen MR) is 109 cm³/mol. The zero-order chi connectivity index (χ0) is 19.4. The monoisotopic (exact) mass is 403 g/mol. The fourth-order valence-electron chi connectivity index (χ4n) is 2.72. The molecule has 1 aromatic carbocycles. The van der Waals surface area contributed by atoms with Crippen LogP contribution in [-0.2, 0) is 16.1 Å². The van der Waals surface area contributed by atoms with Crippen molar-refractivity contribution in [3.63, 3.8) is 0 Å². The molecule has 0 aliphatic rings. The van der Waals surface area contributed by atoms with Gasteiger partial charge in [0.05, 0.1) is 29.4 Å². The second-order valence-corrected chi connectivity index (χ2v) is 8.06. The minimum absolute atomic E-state index is 0.117. The molecule has 0 saturated carbocycles. The van der Waals surface area contributed by atoms with Crippen LogP contribution in [0.3, 0.4) is 0 Å². The summed E-state index contributed by atoms with van der Waals surface area (Å²) in [7, 11) is 1.90. The van der Waals surface area contributed by atoms with Crippen LogP contribution in [0, 0.1) is 6.92 Å². The average Bonchev–Trinajstić information content (AvgIpc) is 3.16. The molecule has 0 unspecified atom stereocenters. The highest BCUT2D eigenvalue weighted by Gasteiger charge is 2.15. The van der Waals surface area contributed by atoms with Crippen molar-refractivity contribution >= 4 is 45.6 Å². The molecule has 0 aliphatic heterocycles. The maximum absolute atomic E-state index is 12.5. The lowest BCUT2D eigenvalue weighted by molar-refractivity contribution is -0.117. The summed E-state index contributed by atoms with van der Waals surface area (Å²) in [5, 5.41) is 4.92. The van der Waals surface area contributed by atoms with Gasteiger partial charge in [0, 0.05) is 23.0 Å². The highest BCUT2D eigenvalue weighted by atomic mass is 32.2. The molecule has 9 heteroatoms. The number of hydrogen-bond donors (Lipinski definition) is 2. The summed E-state index contributed by atoms with van der Waals surface area (Å²) >= 11 is 2.90. The molecule has 2 heterocycles. The van der Waals surface area contributed by atoms with Crippen molar-refractivity contribution in [2.75, 3.05) is 24.7 Å². The highest BCUT2D eigenvalue weighted by Crippen LogP contribution is 2.26. The SMILES string of the molecule is Cc1nc2sccn2c1CN(C)CC(=O)Nc1ccccc1SCC(N)=O. The molecular weight excluding hydrogens is 382 g/mol. The number of thiazole rings is 1. The van der Waals surface area contributed by atoms with Crippen LogP contribution < -0.4 is 11.1 Å². The van der Waals surface area contributed by atoms with Crippen molar-refractivity contribution in [2.45, 2.75) is 18.4 Å². The van der Waals surface area contributed by atoms with E-state index < -0.39 is 5.91 Å². The first kappa shape index (κ1) is 19.4. The van der Waals surface area contributed by atoms with Gasteiger partial charge in [-0.05, 0) is 26.1 Å². The Morgan fingerprint density at radius 1 is 1.37 bits per heavy atom. The van der Waals surface area contributed by atoms with E-state index in [1.165, 1.54) is 11.8 Å². The molecule has 0 saturated heterocycles. The summed E-state index contributed by atoms with van der Waals surface area (Å²) in [6, 6.07) is 7.38. The van der Waals surface area contributed by atoms with Crippen molar-refractivity contribution in [1.82, 2.24) is 14.3 Å². The Balaban J connectivity index is 1.61. The molecule has 142 valence electrons. The summed E-state index contributed by atoms with van der Waals surface area (Å²) in [5.41, 5.74) is 7.95. The van der Waals surface area contributed by atoms with Crippen LogP contribution in [0.1, 0.15) is 11.4 Å². The van der Waals surface area contributed by atoms with Gasteiger partial charge >= 0.3 is 0 Å². The Hall–Kier alpha value is -2.36. The Labute approximate surface area is 165 Å². The van der Waals surface area contributed by atoms with Crippen LogP contribution in [0.4, 0.5) is 5.69 Å². The third-order valence-electron chi connectivity index (χ3n) is 3.93. The number of hydrogen-bond acceptors (Lipinski definition) is 6. The molecular formula is C18H21N5O2S2. The quantitative estimate of drug-likeness (QED) is 0.563. The van der Waals surface area contributed by atoms with E-state index in [4.69, 9.17) is 5.73 Å². The van der Waals surface area contributed by atoms with E-state index in [9.17, 15) is 9.59 Å². The molecule has 0 fully saturated rings. The number of rotatable bonds is 8. The van der Waals surface area contributed by atoms with E-state index in [2.05, 4.69) is 14.7 Å². The first-order chi connectivity index (χ1) is 12.9. The number of benzene rings is 1. The number of aromatic nitrogens is 2. The molecule has 0 bridgehead atoms. The van der Waals surface area contributed by atoms with E-state index >= 15 is 0 Å². The number of aryl methyl sites for hydroxylation is 1. The lowest BCUT2D eigenvalue weighted by atomic mass is 10.3. The predicted octanol–water partition coefficient (Wildman–Crippen LogP) is 2.35. The Kier molecular flexibility index (Phi) is 6.15. The average molecular weight is 404 g/mol. The number of carbonyl (C=O) groups excluding carboxylic acids is 2. The number of amides is 2. The minimum atomic E-state index is -0.392. The van der Waals surface area contributed by atoms with E-state index in [0.717, 1.165) is 21.2 Å². The summed E-state index contributed by atoms with van der Waals surface area (Å²) in [5.74, 6) is -0.339. The summed E-state index contributed by atoms with van der Waals surface area (Å²) in [6.07, 6.45) is 2.00. The number of fused-ring (bicyclic) bond motifs is 1. The number of nitrogens with one attached hydrogen (secondary N) is 1. The number of primary amides is 1. The normalized spacial score (nSPS) is 11.2. The van der Waals surface area contributed by atoms with Crippen LogP contribution in [0.25, 0.3) is 4.96 Å². The Morgan fingerprint density at radius 2 is 2.15 bits per heavy atom.